The summed E-state index contributed by atoms with van der Waals surface area (Å²) in [6, 6.07) is 0.717. The molecule has 1 heterocycles. The third-order valence-corrected chi connectivity index (χ3v) is 5.84. The largest absolute Gasteiger partial charge is 0.313 e. The van der Waals surface area contributed by atoms with Crippen LogP contribution in [0.1, 0.15) is 44.9 Å². The molecule has 4 rings (SSSR count). The van der Waals surface area contributed by atoms with Crippen LogP contribution in [0.5, 0.6) is 0 Å². The topological polar surface area (TPSA) is 35.9 Å². The Balaban J connectivity index is 1.85. The van der Waals surface area contributed by atoms with Crippen LogP contribution in [0.3, 0.4) is 0 Å². The minimum absolute atomic E-state index is 0.471. The van der Waals surface area contributed by atoms with Crippen molar-refractivity contribution < 1.29 is 0 Å². The van der Waals surface area contributed by atoms with E-state index in [0.717, 1.165) is 24.1 Å². The average Bonchev–Trinajstić information content (AvgIpc) is 2.40. The molecule has 3 atom stereocenters. The molecule has 0 aromatic rings. The van der Waals surface area contributed by atoms with Crippen molar-refractivity contribution in [2.75, 3.05) is 6.54 Å². The zero-order chi connectivity index (χ0) is 12.2. The number of nitrogens with one attached hydrogen (secondary N) is 2. The summed E-state index contributed by atoms with van der Waals surface area (Å²) in [5, 5.41) is 11.8. The van der Waals surface area contributed by atoms with E-state index in [9.17, 15) is 0 Å². The Labute approximate surface area is 109 Å². The molecule has 0 radical (unpaired) electrons. The second-order valence-electron chi connectivity index (χ2n) is 6.56. The molecule has 4 aliphatic rings. The van der Waals surface area contributed by atoms with E-state index in [1.807, 2.05) is 6.08 Å². The number of hydrogen-bond acceptors (Lipinski definition) is 2. The fourth-order valence-corrected chi connectivity index (χ4v) is 5.11. The molecule has 0 unspecified atom stereocenters. The summed E-state index contributed by atoms with van der Waals surface area (Å²) >= 11 is 0. The summed E-state index contributed by atoms with van der Waals surface area (Å²) < 4.78 is 0. The number of allylic oxidation sites excluding steroid dienone is 3. The average molecular weight is 242 g/mol. The Bertz CT molecular complexity index is 456. The van der Waals surface area contributed by atoms with Gasteiger partial charge in [-0.25, -0.2) is 0 Å². The molecule has 1 saturated heterocycles. The van der Waals surface area contributed by atoms with Gasteiger partial charge in [0.25, 0.3) is 0 Å². The monoisotopic (exact) mass is 242 g/mol. The van der Waals surface area contributed by atoms with Gasteiger partial charge in [-0.3, -0.25) is 0 Å². The molecule has 18 heavy (non-hydrogen) atoms. The molecule has 2 fully saturated rings. The number of piperidine rings is 1. The second-order valence-corrected chi connectivity index (χ2v) is 6.56. The Morgan fingerprint density at radius 3 is 3.11 bits per heavy atom. The van der Waals surface area contributed by atoms with Crippen molar-refractivity contribution in [3.63, 3.8) is 0 Å². The summed E-state index contributed by atoms with van der Waals surface area (Å²) in [7, 11) is 0. The minimum atomic E-state index is 0.471. The highest BCUT2D eigenvalue weighted by molar-refractivity contribution is 5.96. The van der Waals surface area contributed by atoms with Crippen LogP contribution in [0.25, 0.3) is 0 Å². The maximum Gasteiger partial charge on any atom is 0.0354 e. The molecule has 2 heteroatoms. The first-order chi connectivity index (χ1) is 8.79. The van der Waals surface area contributed by atoms with Crippen LogP contribution in [0.2, 0.25) is 0 Å². The van der Waals surface area contributed by atoms with Gasteiger partial charge in [-0.05, 0) is 55.2 Å². The lowest BCUT2D eigenvalue weighted by molar-refractivity contribution is 0.0426. The summed E-state index contributed by atoms with van der Waals surface area (Å²) in [6.45, 7) is 1.19. The third kappa shape index (κ3) is 1.36. The second kappa shape index (κ2) is 3.80. The van der Waals surface area contributed by atoms with Crippen LogP contribution in [0.4, 0.5) is 0 Å². The van der Waals surface area contributed by atoms with E-state index < -0.39 is 0 Å². The van der Waals surface area contributed by atoms with E-state index in [-0.39, 0.29) is 0 Å². The zero-order valence-corrected chi connectivity index (χ0v) is 11.0. The van der Waals surface area contributed by atoms with Crippen molar-refractivity contribution in [3.8, 4) is 0 Å². The Morgan fingerprint density at radius 2 is 2.17 bits per heavy atom. The molecule has 1 aliphatic heterocycles. The van der Waals surface area contributed by atoms with E-state index in [1.54, 1.807) is 11.1 Å². The molecule has 2 N–H and O–H groups in total. The number of rotatable bonds is 0. The quantitative estimate of drug-likeness (QED) is 0.672. The Hall–Kier alpha value is -0.890. The van der Waals surface area contributed by atoms with Gasteiger partial charge in [0.1, 0.15) is 0 Å². The van der Waals surface area contributed by atoms with Crippen molar-refractivity contribution in [1.82, 2.24) is 5.32 Å². The first-order valence-corrected chi connectivity index (χ1v) is 7.51. The fourth-order valence-electron chi connectivity index (χ4n) is 5.11. The third-order valence-electron chi connectivity index (χ3n) is 5.84. The highest BCUT2D eigenvalue weighted by Crippen LogP contribution is 2.58. The van der Waals surface area contributed by atoms with Crippen molar-refractivity contribution >= 4 is 5.71 Å². The lowest BCUT2D eigenvalue weighted by Crippen LogP contribution is -2.57. The summed E-state index contributed by atoms with van der Waals surface area (Å²) in [6.07, 6.45) is 13.3. The van der Waals surface area contributed by atoms with Crippen LogP contribution >= 0.6 is 0 Å². The van der Waals surface area contributed by atoms with E-state index in [4.69, 9.17) is 5.41 Å². The lowest BCUT2D eigenvalue weighted by atomic mass is 9.51. The van der Waals surface area contributed by atoms with Crippen LogP contribution in [-0.2, 0) is 0 Å². The molecule has 3 aliphatic carbocycles. The van der Waals surface area contributed by atoms with Crippen LogP contribution in [0.15, 0.2) is 23.3 Å². The maximum atomic E-state index is 8.01. The van der Waals surface area contributed by atoms with Crippen LogP contribution < -0.4 is 5.32 Å². The summed E-state index contributed by atoms with van der Waals surface area (Å²) in [5.41, 5.74) is 4.53. The van der Waals surface area contributed by atoms with E-state index in [0.29, 0.717) is 5.41 Å². The standard InChI is InChI=1S/C16H22N2/c17-12-5-4-11-9-15-13-3-1-2-6-16(13,7-8-18-15)14(11)10-12/h4-5,13,15,17-18H,1-3,6-10H2/t13-,15+,16+/m0/s1. The van der Waals surface area contributed by atoms with Gasteiger partial charge in [0.05, 0.1) is 0 Å². The van der Waals surface area contributed by atoms with E-state index in [2.05, 4.69) is 11.4 Å². The highest BCUT2D eigenvalue weighted by Gasteiger charge is 2.52. The molecule has 0 aromatic carbocycles. The highest BCUT2D eigenvalue weighted by atomic mass is 15.0. The first-order valence-electron chi connectivity index (χ1n) is 7.51. The van der Waals surface area contributed by atoms with Crippen LogP contribution in [0, 0.1) is 16.7 Å². The molecule has 0 aromatic heterocycles. The zero-order valence-electron chi connectivity index (χ0n) is 11.0. The molecular weight excluding hydrogens is 220 g/mol. The Kier molecular flexibility index (Phi) is 2.32. The van der Waals surface area contributed by atoms with Crippen LogP contribution in [-0.4, -0.2) is 18.3 Å². The van der Waals surface area contributed by atoms with Gasteiger partial charge < -0.3 is 10.7 Å². The summed E-state index contributed by atoms with van der Waals surface area (Å²) in [4.78, 5) is 0. The van der Waals surface area contributed by atoms with Gasteiger partial charge in [0.15, 0.2) is 0 Å². The SMILES string of the molecule is N=C1C=CC2=C(C1)[C@@]13CCCC[C@H]1[C@@H](C2)NCC3. The predicted molar refractivity (Wildman–Crippen MR) is 73.9 cm³/mol. The van der Waals surface area contributed by atoms with Gasteiger partial charge in [0, 0.05) is 18.2 Å². The van der Waals surface area contributed by atoms with Gasteiger partial charge >= 0.3 is 0 Å². The smallest absolute Gasteiger partial charge is 0.0354 e. The molecule has 0 spiro atoms. The van der Waals surface area contributed by atoms with E-state index in [1.165, 1.54) is 45.1 Å². The van der Waals surface area contributed by atoms with Crippen molar-refractivity contribution in [2.24, 2.45) is 11.3 Å². The van der Waals surface area contributed by atoms with Crippen molar-refractivity contribution in [1.29, 1.82) is 5.41 Å². The number of hydrogen-bond donors (Lipinski definition) is 2. The van der Waals surface area contributed by atoms with Gasteiger partial charge in [0.2, 0.25) is 0 Å². The normalized spacial score (nSPS) is 42.6. The minimum Gasteiger partial charge on any atom is -0.313 e. The summed E-state index contributed by atoms with van der Waals surface area (Å²) in [5.74, 6) is 0.859. The lowest BCUT2D eigenvalue weighted by Gasteiger charge is -2.57. The molecule has 2 nitrogen and oxygen atoms in total. The van der Waals surface area contributed by atoms with Crippen molar-refractivity contribution in [2.45, 2.75) is 51.0 Å². The van der Waals surface area contributed by atoms with E-state index >= 15 is 0 Å². The van der Waals surface area contributed by atoms with Gasteiger partial charge in [-0.1, -0.05) is 24.5 Å². The first kappa shape index (κ1) is 11.0. The fraction of sp³-hybridized carbons (Fsp3) is 0.688. The molecule has 0 amide bonds. The predicted octanol–water partition coefficient (Wildman–Crippen LogP) is 3.20. The van der Waals surface area contributed by atoms with Gasteiger partial charge in [-0.15, -0.1) is 0 Å². The molecular formula is C16H22N2. The molecule has 2 bridgehead atoms. The Morgan fingerprint density at radius 1 is 1.22 bits per heavy atom. The van der Waals surface area contributed by atoms with Crippen molar-refractivity contribution in [3.05, 3.63) is 23.3 Å². The maximum absolute atomic E-state index is 8.01. The molecule has 96 valence electrons. The van der Waals surface area contributed by atoms with Gasteiger partial charge in [-0.2, -0.15) is 0 Å². The molecule has 1 saturated carbocycles.